The third-order valence-corrected chi connectivity index (χ3v) is 4.67. The summed E-state index contributed by atoms with van der Waals surface area (Å²) in [4.78, 5) is 29.8. The first kappa shape index (κ1) is 22.0. The number of hydrogen-bond acceptors (Lipinski definition) is 4. The van der Waals surface area contributed by atoms with Crippen molar-refractivity contribution in [2.45, 2.75) is 39.7 Å². The predicted molar refractivity (Wildman–Crippen MR) is 114 cm³/mol. The van der Waals surface area contributed by atoms with E-state index < -0.39 is 0 Å². The van der Waals surface area contributed by atoms with Crippen molar-refractivity contribution in [3.8, 4) is 0 Å². The van der Waals surface area contributed by atoms with Crippen molar-refractivity contribution in [3.63, 3.8) is 0 Å². The van der Waals surface area contributed by atoms with Crippen LogP contribution in [0.4, 0.5) is 5.69 Å². The van der Waals surface area contributed by atoms with Gasteiger partial charge >= 0.3 is 0 Å². The number of aromatic nitrogens is 1. The van der Waals surface area contributed by atoms with E-state index in [4.69, 9.17) is 4.74 Å². The second-order valence-electron chi connectivity index (χ2n) is 6.51. The smallest absolute Gasteiger partial charge is 0.270 e. The molecule has 0 aliphatic heterocycles. The highest BCUT2D eigenvalue weighted by Crippen LogP contribution is 2.18. The van der Waals surface area contributed by atoms with E-state index in [0.29, 0.717) is 29.9 Å². The van der Waals surface area contributed by atoms with E-state index in [-0.39, 0.29) is 29.1 Å². The largest absolute Gasteiger partial charge is 0.370 e. The van der Waals surface area contributed by atoms with Gasteiger partial charge in [0, 0.05) is 17.4 Å². The van der Waals surface area contributed by atoms with Crippen LogP contribution in [0.1, 0.15) is 52.4 Å². The summed E-state index contributed by atoms with van der Waals surface area (Å²) in [7, 11) is 0. The Labute approximate surface area is 174 Å². The number of amides is 2. The highest BCUT2D eigenvalue weighted by Gasteiger charge is 2.20. The van der Waals surface area contributed by atoms with Gasteiger partial charge in [-0.1, -0.05) is 41.1 Å². The molecule has 0 saturated carbocycles. The Hall–Kier alpha value is -2.25. The lowest BCUT2D eigenvalue weighted by Gasteiger charge is -2.15. The van der Waals surface area contributed by atoms with Gasteiger partial charge in [-0.15, -0.1) is 0 Å². The highest BCUT2D eigenvalue weighted by molar-refractivity contribution is 9.09. The first-order chi connectivity index (χ1) is 13.5. The monoisotopic (exact) mass is 447 g/mol. The van der Waals surface area contributed by atoms with Crippen LogP contribution in [0.3, 0.4) is 0 Å². The number of benzene rings is 1. The SMILES string of the molecule is CCC(C)NC(=O)c1nc(C)ccc1C(=O)Nc1ccccc1CCOCBr. The molecule has 2 aromatic rings. The normalized spacial score (nSPS) is 11.7. The molecule has 1 atom stereocenters. The molecule has 1 heterocycles. The van der Waals surface area contributed by atoms with Crippen molar-refractivity contribution in [1.82, 2.24) is 10.3 Å². The van der Waals surface area contributed by atoms with Crippen molar-refractivity contribution < 1.29 is 14.3 Å². The van der Waals surface area contributed by atoms with Gasteiger partial charge in [-0.05, 0) is 50.5 Å². The maximum atomic E-state index is 12.9. The molecule has 2 rings (SSSR count). The number of pyridine rings is 1. The standard InChI is InChI=1S/C21H26BrN3O3/c1-4-14(2)24-21(27)19-17(10-9-15(3)23-19)20(26)25-18-8-6-5-7-16(18)11-12-28-13-22/h5-10,14H,4,11-13H2,1-3H3,(H,24,27)(H,25,26). The van der Waals surface area contributed by atoms with Crippen molar-refractivity contribution in [1.29, 1.82) is 0 Å². The van der Waals surface area contributed by atoms with Crippen molar-refractivity contribution in [2.75, 3.05) is 17.4 Å². The Morgan fingerprint density at radius 3 is 2.64 bits per heavy atom. The van der Waals surface area contributed by atoms with Gasteiger partial charge in [0.25, 0.3) is 11.8 Å². The average Bonchev–Trinajstić information content (AvgIpc) is 2.69. The molecule has 0 bridgehead atoms. The summed E-state index contributed by atoms with van der Waals surface area (Å²) < 4.78 is 5.33. The van der Waals surface area contributed by atoms with Gasteiger partial charge in [0.1, 0.15) is 11.2 Å². The van der Waals surface area contributed by atoms with E-state index in [0.717, 1.165) is 12.0 Å². The molecule has 0 aliphatic carbocycles. The molecule has 7 heteroatoms. The van der Waals surface area contributed by atoms with Crippen molar-refractivity contribution >= 4 is 33.4 Å². The molecule has 1 unspecified atom stereocenters. The topological polar surface area (TPSA) is 80.3 Å². The number of anilines is 1. The maximum absolute atomic E-state index is 12.9. The summed E-state index contributed by atoms with van der Waals surface area (Å²) in [6.07, 6.45) is 1.46. The zero-order chi connectivity index (χ0) is 20.5. The summed E-state index contributed by atoms with van der Waals surface area (Å²) in [6.45, 7) is 6.23. The Morgan fingerprint density at radius 2 is 1.93 bits per heavy atom. The first-order valence-electron chi connectivity index (χ1n) is 9.27. The Kier molecular flexibility index (Phi) is 8.60. The number of carbonyl (C=O) groups is 2. The van der Waals surface area contributed by atoms with Gasteiger partial charge in [-0.3, -0.25) is 9.59 Å². The van der Waals surface area contributed by atoms with Crippen LogP contribution in [0.15, 0.2) is 36.4 Å². The van der Waals surface area contributed by atoms with Gasteiger partial charge in [-0.2, -0.15) is 0 Å². The number of ether oxygens (including phenoxy) is 1. The minimum atomic E-state index is -0.365. The van der Waals surface area contributed by atoms with Crippen LogP contribution in [0.25, 0.3) is 0 Å². The fourth-order valence-corrected chi connectivity index (χ4v) is 2.82. The predicted octanol–water partition coefficient (Wildman–Crippen LogP) is 4.08. The highest BCUT2D eigenvalue weighted by atomic mass is 79.9. The number of halogens is 1. The molecule has 0 fully saturated rings. The first-order valence-corrected chi connectivity index (χ1v) is 10.4. The lowest BCUT2D eigenvalue weighted by atomic mass is 10.1. The van der Waals surface area contributed by atoms with Gasteiger partial charge in [0.05, 0.1) is 12.2 Å². The molecular weight excluding hydrogens is 422 g/mol. The maximum Gasteiger partial charge on any atom is 0.270 e. The van der Waals surface area contributed by atoms with Crippen LogP contribution in [-0.2, 0) is 11.2 Å². The Bertz CT molecular complexity index is 826. The van der Waals surface area contributed by atoms with Gasteiger partial charge < -0.3 is 15.4 Å². The molecule has 6 nitrogen and oxygen atoms in total. The number of nitrogens with one attached hydrogen (secondary N) is 2. The molecule has 0 radical (unpaired) electrons. The second kappa shape index (κ2) is 10.9. The van der Waals surface area contributed by atoms with Crippen molar-refractivity contribution in [2.24, 2.45) is 0 Å². The molecule has 0 aliphatic rings. The van der Waals surface area contributed by atoms with Crippen molar-refractivity contribution in [3.05, 3.63) is 58.9 Å². The van der Waals surface area contributed by atoms with Crippen LogP contribution in [0, 0.1) is 6.92 Å². The van der Waals surface area contributed by atoms with Gasteiger partial charge in [0.15, 0.2) is 0 Å². The molecule has 150 valence electrons. The lowest BCUT2D eigenvalue weighted by Crippen LogP contribution is -2.34. The summed E-state index contributed by atoms with van der Waals surface area (Å²) in [5.41, 5.74) is 3.18. The molecule has 0 saturated heterocycles. The number of rotatable bonds is 9. The van der Waals surface area contributed by atoms with Gasteiger partial charge in [0.2, 0.25) is 0 Å². The summed E-state index contributed by atoms with van der Waals surface area (Å²) in [5.74, 6) is -0.710. The number of para-hydroxylation sites is 1. The number of aryl methyl sites for hydroxylation is 1. The number of hydrogen-bond donors (Lipinski definition) is 2. The average molecular weight is 448 g/mol. The number of nitrogens with zero attached hydrogens (tertiary/aromatic N) is 1. The van der Waals surface area contributed by atoms with E-state index in [9.17, 15) is 9.59 Å². The van der Waals surface area contributed by atoms with E-state index in [2.05, 4.69) is 31.5 Å². The molecule has 1 aromatic heterocycles. The molecule has 1 aromatic carbocycles. The third-order valence-electron chi connectivity index (χ3n) is 4.34. The summed E-state index contributed by atoms with van der Waals surface area (Å²) in [5, 5.41) is 5.79. The fourth-order valence-electron chi connectivity index (χ4n) is 2.59. The van der Waals surface area contributed by atoms with Crippen LogP contribution in [-0.4, -0.2) is 35.0 Å². The van der Waals surface area contributed by atoms with Crippen LogP contribution in [0.2, 0.25) is 0 Å². The van der Waals surface area contributed by atoms with Crippen LogP contribution < -0.4 is 10.6 Å². The van der Waals surface area contributed by atoms with E-state index in [1.54, 1.807) is 19.1 Å². The third kappa shape index (κ3) is 6.14. The molecule has 0 spiro atoms. The Morgan fingerprint density at radius 1 is 1.18 bits per heavy atom. The summed E-state index contributed by atoms with van der Waals surface area (Å²) >= 11 is 3.22. The summed E-state index contributed by atoms with van der Waals surface area (Å²) in [6, 6.07) is 10.9. The second-order valence-corrected chi connectivity index (χ2v) is 6.97. The van der Waals surface area contributed by atoms with Crippen LogP contribution >= 0.6 is 15.9 Å². The number of alkyl halides is 1. The molecular formula is C21H26BrN3O3. The zero-order valence-corrected chi connectivity index (χ0v) is 18.0. The van der Waals surface area contributed by atoms with E-state index in [1.807, 2.05) is 38.1 Å². The minimum Gasteiger partial charge on any atom is -0.370 e. The Balaban J connectivity index is 2.24. The number of carbonyl (C=O) groups excluding carboxylic acids is 2. The zero-order valence-electron chi connectivity index (χ0n) is 16.4. The van der Waals surface area contributed by atoms with Crippen LogP contribution in [0.5, 0.6) is 0 Å². The quantitative estimate of drug-likeness (QED) is 0.448. The van der Waals surface area contributed by atoms with Gasteiger partial charge in [-0.25, -0.2) is 4.98 Å². The molecule has 2 amide bonds. The van der Waals surface area contributed by atoms with E-state index in [1.165, 1.54) is 0 Å². The fraction of sp³-hybridized carbons (Fsp3) is 0.381. The lowest BCUT2D eigenvalue weighted by molar-refractivity contribution is 0.0922. The minimum absolute atomic E-state index is 0.000817. The molecule has 28 heavy (non-hydrogen) atoms. The van der Waals surface area contributed by atoms with E-state index >= 15 is 0 Å². The molecule has 2 N–H and O–H groups in total.